The molecule has 0 amide bonds. The highest BCUT2D eigenvalue weighted by Gasteiger charge is 2.64. The van der Waals surface area contributed by atoms with Gasteiger partial charge < -0.3 is 14.6 Å². The van der Waals surface area contributed by atoms with Crippen molar-refractivity contribution in [2.45, 2.75) is 82.9 Å². The number of ether oxygens (including phenoxy) is 2. The van der Waals surface area contributed by atoms with E-state index in [1.807, 2.05) is 0 Å². The Morgan fingerprint density at radius 3 is 2.56 bits per heavy atom. The summed E-state index contributed by atoms with van der Waals surface area (Å²) in [5.41, 5.74) is -0.00900. The van der Waals surface area contributed by atoms with E-state index in [-0.39, 0.29) is 23.4 Å². The summed E-state index contributed by atoms with van der Waals surface area (Å²) in [7, 11) is 0. The van der Waals surface area contributed by atoms with Gasteiger partial charge in [-0.3, -0.25) is 0 Å². The van der Waals surface area contributed by atoms with Gasteiger partial charge in [0.25, 0.3) is 0 Å². The molecule has 0 unspecified atom stereocenters. The molecule has 2 saturated heterocycles. The Bertz CT molecular complexity index is 343. The lowest BCUT2D eigenvalue weighted by atomic mass is 9.79. The van der Waals surface area contributed by atoms with Crippen molar-refractivity contribution in [2.75, 3.05) is 0 Å². The third kappa shape index (κ3) is 1.83. The predicted octanol–water partition coefficient (Wildman–Crippen LogP) is 2.51. The second-order valence-corrected chi connectivity index (χ2v) is 7.11. The molecule has 1 aliphatic carbocycles. The molecule has 0 aromatic heterocycles. The SMILES string of the molecule is CC(C)[C@@]12CC[C@@]3(C)O[C@@H]3CC[C@@H](C)[C@H](O)[C@H]1O2. The Labute approximate surface area is 110 Å². The fourth-order valence-corrected chi connectivity index (χ4v) is 3.72. The van der Waals surface area contributed by atoms with E-state index in [1.54, 1.807) is 0 Å². The van der Waals surface area contributed by atoms with E-state index in [0.29, 0.717) is 17.9 Å². The van der Waals surface area contributed by atoms with Gasteiger partial charge in [-0.2, -0.15) is 0 Å². The Morgan fingerprint density at radius 2 is 1.89 bits per heavy atom. The van der Waals surface area contributed by atoms with Gasteiger partial charge in [-0.1, -0.05) is 20.8 Å². The van der Waals surface area contributed by atoms with Crippen molar-refractivity contribution in [1.82, 2.24) is 0 Å². The molecule has 104 valence electrons. The number of epoxide rings is 2. The summed E-state index contributed by atoms with van der Waals surface area (Å²) in [6.45, 7) is 8.78. The van der Waals surface area contributed by atoms with Crippen molar-refractivity contribution in [2.24, 2.45) is 11.8 Å². The first-order valence-electron chi connectivity index (χ1n) is 7.43. The van der Waals surface area contributed by atoms with Gasteiger partial charge >= 0.3 is 0 Å². The molecule has 3 fully saturated rings. The molecule has 3 nitrogen and oxygen atoms in total. The summed E-state index contributed by atoms with van der Waals surface area (Å²) in [5, 5.41) is 10.4. The topological polar surface area (TPSA) is 45.3 Å². The van der Waals surface area contributed by atoms with Gasteiger partial charge in [0.05, 0.1) is 23.4 Å². The minimum absolute atomic E-state index is 0.0476. The van der Waals surface area contributed by atoms with Crippen LogP contribution in [0.4, 0.5) is 0 Å². The van der Waals surface area contributed by atoms with Gasteiger partial charge in [0.15, 0.2) is 0 Å². The van der Waals surface area contributed by atoms with Crippen LogP contribution in [0.3, 0.4) is 0 Å². The zero-order valence-corrected chi connectivity index (χ0v) is 12.0. The lowest BCUT2D eigenvalue weighted by Gasteiger charge is -2.24. The normalized spacial score (nSPS) is 55.7. The average Bonchev–Trinajstić information content (AvgIpc) is 3.17. The zero-order valence-electron chi connectivity index (χ0n) is 12.0. The number of hydrogen-bond donors (Lipinski definition) is 1. The van der Waals surface area contributed by atoms with E-state index in [1.165, 1.54) is 0 Å². The highest BCUT2D eigenvalue weighted by atomic mass is 16.6. The van der Waals surface area contributed by atoms with Crippen LogP contribution in [0.1, 0.15) is 53.4 Å². The minimum Gasteiger partial charge on any atom is -0.390 e. The molecule has 18 heavy (non-hydrogen) atoms. The predicted molar refractivity (Wildman–Crippen MR) is 69.4 cm³/mol. The monoisotopic (exact) mass is 254 g/mol. The summed E-state index contributed by atoms with van der Waals surface area (Å²) in [5.74, 6) is 0.770. The van der Waals surface area contributed by atoms with Crippen LogP contribution in [0.15, 0.2) is 0 Å². The van der Waals surface area contributed by atoms with Crippen LogP contribution in [0.25, 0.3) is 0 Å². The quantitative estimate of drug-likeness (QED) is 0.731. The first kappa shape index (κ1) is 12.9. The molecule has 2 heterocycles. The molecule has 0 bridgehead atoms. The zero-order chi connectivity index (χ0) is 13.1. The van der Waals surface area contributed by atoms with Gasteiger partial charge in [-0.25, -0.2) is 0 Å². The highest BCUT2D eigenvalue weighted by molar-refractivity contribution is 5.12. The second kappa shape index (κ2) is 3.94. The van der Waals surface area contributed by atoms with Crippen molar-refractivity contribution >= 4 is 0 Å². The molecule has 6 atom stereocenters. The van der Waals surface area contributed by atoms with E-state index in [0.717, 1.165) is 25.7 Å². The molecule has 0 spiro atoms. The minimum atomic E-state index is -0.310. The van der Waals surface area contributed by atoms with Crippen molar-refractivity contribution in [3.05, 3.63) is 0 Å². The first-order chi connectivity index (χ1) is 8.39. The summed E-state index contributed by atoms with van der Waals surface area (Å²) in [6, 6.07) is 0. The van der Waals surface area contributed by atoms with E-state index in [2.05, 4.69) is 27.7 Å². The molecule has 3 heteroatoms. The van der Waals surface area contributed by atoms with Crippen LogP contribution in [0, 0.1) is 11.8 Å². The second-order valence-electron chi connectivity index (χ2n) is 7.11. The number of aliphatic hydroxyl groups is 1. The maximum atomic E-state index is 10.4. The largest absolute Gasteiger partial charge is 0.390 e. The van der Waals surface area contributed by atoms with Crippen LogP contribution in [-0.2, 0) is 9.47 Å². The highest BCUT2D eigenvalue weighted by Crippen LogP contribution is 2.54. The van der Waals surface area contributed by atoms with E-state index >= 15 is 0 Å². The van der Waals surface area contributed by atoms with E-state index in [9.17, 15) is 5.11 Å². The van der Waals surface area contributed by atoms with Crippen LogP contribution in [0.2, 0.25) is 0 Å². The van der Waals surface area contributed by atoms with Gasteiger partial charge in [0.1, 0.15) is 6.10 Å². The molecule has 3 rings (SSSR count). The lowest BCUT2D eigenvalue weighted by molar-refractivity contribution is 0.0788. The third-order valence-electron chi connectivity index (χ3n) is 5.57. The van der Waals surface area contributed by atoms with Crippen LogP contribution in [-0.4, -0.2) is 34.6 Å². The van der Waals surface area contributed by atoms with Gasteiger partial charge in [0.2, 0.25) is 0 Å². The summed E-state index contributed by atoms with van der Waals surface area (Å²) in [4.78, 5) is 0. The fourth-order valence-electron chi connectivity index (χ4n) is 3.72. The molecule has 0 aromatic rings. The molecule has 1 saturated carbocycles. The number of aliphatic hydroxyl groups excluding tert-OH is 1. The maximum absolute atomic E-state index is 10.4. The van der Waals surface area contributed by atoms with Crippen LogP contribution in [0.5, 0.6) is 0 Å². The molecule has 0 radical (unpaired) electrons. The Hall–Kier alpha value is -0.120. The average molecular weight is 254 g/mol. The van der Waals surface area contributed by atoms with Gasteiger partial charge in [-0.15, -0.1) is 0 Å². The standard InChI is InChI=1S/C15H26O3/c1-9(2)15-8-7-14(4)11(17-14)6-5-10(3)12(16)13(15)18-15/h9-13,16H,5-8H2,1-4H3/t10-,11-,12+,13-,14-,15+/m1/s1. The number of fused-ring (bicyclic) bond motifs is 2. The lowest BCUT2D eigenvalue weighted by Crippen LogP contribution is -2.35. The summed E-state index contributed by atoms with van der Waals surface area (Å²) in [6.07, 6.45) is 4.35. The van der Waals surface area contributed by atoms with E-state index < -0.39 is 0 Å². The van der Waals surface area contributed by atoms with Crippen molar-refractivity contribution in [1.29, 1.82) is 0 Å². The molecule has 0 aromatic carbocycles. The summed E-state index contributed by atoms with van der Waals surface area (Å²) < 4.78 is 11.9. The van der Waals surface area contributed by atoms with Crippen molar-refractivity contribution in [3.63, 3.8) is 0 Å². The Morgan fingerprint density at radius 1 is 1.17 bits per heavy atom. The maximum Gasteiger partial charge on any atom is 0.114 e. The summed E-state index contributed by atoms with van der Waals surface area (Å²) >= 11 is 0. The van der Waals surface area contributed by atoms with Crippen LogP contribution >= 0.6 is 0 Å². The van der Waals surface area contributed by atoms with E-state index in [4.69, 9.17) is 9.47 Å². The smallest absolute Gasteiger partial charge is 0.114 e. The fraction of sp³-hybridized carbons (Fsp3) is 1.00. The van der Waals surface area contributed by atoms with Gasteiger partial charge in [0, 0.05) is 0 Å². The number of rotatable bonds is 1. The molecule has 3 aliphatic rings. The third-order valence-corrected chi connectivity index (χ3v) is 5.57. The van der Waals surface area contributed by atoms with Crippen molar-refractivity contribution in [3.8, 4) is 0 Å². The Balaban J connectivity index is 1.79. The molecular formula is C15H26O3. The molecule has 1 N–H and O–H groups in total. The molecular weight excluding hydrogens is 228 g/mol. The molecule has 2 aliphatic heterocycles. The van der Waals surface area contributed by atoms with Gasteiger partial charge in [-0.05, 0) is 44.4 Å². The Kier molecular flexibility index (Phi) is 2.82. The first-order valence-corrected chi connectivity index (χ1v) is 7.43. The number of hydrogen-bond acceptors (Lipinski definition) is 3. The van der Waals surface area contributed by atoms with Crippen LogP contribution < -0.4 is 0 Å². The van der Waals surface area contributed by atoms with Crippen molar-refractivity contribution < 1.29 is 14.6 Å².